The molecule has 0 atom stereocenters. The Kier molecular flexibility index (Phi) is 7.61. The number of rotatable bonds is 8. The minimum Gasteiger partial charge on any atom is -0.375 e. The maximum Gasteiger partial charge on any atom is 0.292 e. The van der Waals surface area contributed by atoms with Crippen LogP contribution in [0.4, 0.5) is 17.1 Å². The fraction of sp³-hybridized carbons (Fsp3) is 0.333. The molecule has 0 radical (unpaired) electrons. The number of hydrogen-bond acceptors (Lipinski definition) is 6. The number of nitrogens with one attached hydrogen (secondary N) is 1. The summed E-state index contributed by atoms with van der Waals surface area (Å²) in [6.07, 6.45) is 0. The van der Waals surface area contributed by atoms with E-state index in [2.05, 4.69) is 36.2 Å². The molecule has 1 heterocycles. The van der Waals surface area contributed by atoms with Gasteiger partial charge in [-0.15, -0.1) is 0 Å². The molecule has 1 aliphatic heterocycles. The van der Waals surface area contributed by atoms with E-state index in [1.54, 1.807) is 36.4 Å². The van der Waals surface area contributed by atoms with Crippen LogP contribution in [0.3, 0.4) is 0 Å². The molecule has 1 fully saturated rings. The van der Waals surface area contributed by atoms with Crippen molar-refractivity contribution >= 4 is 27.1 Å². The predicted octanol–water partition coefficient (Wildman–Crippen LogP) is 5.15. The number of benzene rings is 3. The summed E-state index contributed by atoms with van der Waals surface area (Å²) in [6, 6.07) is 20.1. The van der Waals surface area contributed by atoms with Gasteiger partial charge in [0.15, 0.2) is 0 Å². The molecule has 1 N–H and O–H groups in total. The van der Waals surface area contributed by atoms with E-state index in [0.717, 1.165) is 16.8 Å². The highest BCUT2D eigenvalue weighted by atomic mass is 32.2. The number of aryl methyl sites for hydroxylation is 1. The first-order valence-electron chi connectivity index (χ1n) is 12.1. The lowest BCUT2D eigenvalue weighted by molar-refractivity contribution is -0.384. The zero-order valence-electron chi connectivity index (χ0n) is 20.8. The molecule has 0 spiro atoms. The minimum absolute atomic E-state index is 0.0122. The summed E-state index contributed by atoms with van der Waals surface area (Å²) in [7, 11) is -3.55. The molecule has 0 bridgehead atoms. The largest absolute Gasteiger partial charge is 0.375 e. The van der Waals surface area contributed by atoms with Crippen LogP contribution in [0.25, 0.3) is 0 Å². The number of sulfonamides is 1. The molecular formula is C27H32N4O4S. The first kappa shape index (κ1) is 25.7. The molecule has 1 saturated heterocycles. The van der Waals surface area contributed by atoms with E-state index in [1.807, 2.05) is 19.1 Å². The number of nitro groups is 1. The van der Waals surface area contributed by atoms with Crippen LogP contribution in [0.5, 0.6) is 0 Å². The lowest BCUT2D eigenvalue weighted by Crippen LogP contribution is -2.48. The topological polar surface area (TPSA) is 95.8 Å². The number of piperazine rings is 1. The zero-order chi connectivity index (χ0) is 25.9. The minimum atomic E-state index is -3.55. The normalized spacial score (nSPS) is 14.7. The van der Waals surface area contributed by atoms with Crippen LogP contribution >= 0.6 is 0 Å². The van der Waals surface area contributed by atoms with Gasteiger partial charge in [-0.2, -0.15) is 4.31 Å². The summed E-state index contributed by atoms with van der Waals surface area (Å²) in [6.45, 7) is 8.35. The Balaban J connectivity index is 1.46. The van der Waals surface area contributed by atoms with Gasteiger partial charge in [0.25, 0.3) is 5.69 Å². The maximum atomic E-state index is 13.0. The summed E-state index contributed by atoms with van der Waals surface area (Å²) in [5.41, 5.74) is 4.57. The summed E-state index contributed by atoms with van der Waals surface area (Å²) >= 11 is 0. The van der Waals surface area contributed by atoms with Crippen molar-refractivity contribution in [3.8, 4) is 0 Å². The third-order valence-corrected chi connectivity index (χ3v) is 8.48. The fourth-order valence-corrected chi connectivity index (χ4v) is 5.71. The molecular weight excluding hydrogens is 476 g/mol. The molecule has 1 aliphatic rings. The quantitative estimate of drug-likeness (QED) is 0.334. The van der Waals surface area contributed by atoms with Gasteiger partial charge in [0.2, 0.25) is 10.0 Å². The van der Waals surface area contributed by atoms with Gasteiger partial charge in [-0.25, -0.2) is 8.42 Å². The summed E-state index contributed by atoms with van der Waals surface area (Å²) in [5, 5.41) is 14.9. The first-order valence-corrected chi connectivity index (χ1v) is 13.5. The van der Waals surface area contributed by atoms with Gasteiger partial charge < -0.3 is 10.2 Å². The number of anilines is 2. The second-order valence-electron chi connectivity index (χ2n) is 9.41. The van der Waals surface area contributed by atoms with Gasteiger partial charge in [-0.1, -0.05) is 55.8 Å². The molecule has 4 rings (SSSR count). The molecule has 36 heavy (non-hydrogen) atoms. The predicted molar refractivity (Wildman–Crippen MR) is 143 cm³/mol. The summed E-state index contributed by atoms with van der Waals surface area (Å²) in [5.74, 6) is 0.442. The molecule has 9 heteroatoms. The molecule has 0 amide bonds. The van der Waals surface area contributed by atoms with Crippen LogP contribution in [-0.2, 0) is 16.6 Å². The van der Waals surface area contributed by atoms with Crippen LogP contribution in [0, 0.1) is 17.0 Å². The van der Waals surface area contributed by atoms with Gasteiger partial charge in [-0.3, -0.25) is 10.1 Å². The third-order valence-electron chi connectivity index (χ3n) is 6.57. The lowest BCUT2D eigenvalue weighted by Gasteiger charge is -2.35. The molecule has 0 aliphatic carbocycles. The number of nitro benzene ring substituents is 1. The lowest BCUT2D eigenvalue weighted by atomic mass is 10.0. The van der Waals surface area contributed by atoms with Gasteiger partial charge in [0.05, 0.1) is 9.82 Å². The Labute approximate surface area is 212 Å². The van der Waals surface area contributed by atoms with E-state index < -0.39 is 10.0 Å². The van der Waals surface area contributed by atoms with Crippen molar-refractivity contribution in [2.24, 2.45) is 0 Å². The average molecular weight is 509 g/mol. The Bertz CT molecular complexity index is 1310. The molecule has 0 aromatic heterocycles. The van der Waals surface area contributed by atoms with Crippen molar-refractivity contribution in [1.29, 1.82) is 0 Å². The highest BCUT2D eigenvalue weighted by Crippen LogP contribution is 2.31. The number of nitrogens with zero attached hydrogens (tertiary/aromatic N) is 3. The van der Waals surface area contributed by atoms with E-state index in [4.69, 9.17) is 0 Å². The zero-order valence-corrected chi connectivity index (χ0v) is 21.7. The monoisotopic (exact) mass is 508 g/mol. The molecule has 190 valence electrons. The Morgan fingerprint density at radius 1 is 0.944 bits per heavy atom. The molecule has 0 saturated carbocycles. The molecule has 3 aromatic carbocycles. The second kappa shape index (κ2) is 10.7. The molecule has 8 nitrogen and oxygen atoms in total. The third kappa shape index (κ3) is 5.68. The van der Waals surface area contributed by atoms with E-state index in [1.165, 1.54) is 15.9 Å². The SMILES string of the molecule is Cc1ccc(S(=O)(=O)N2CCN(c3ccc([N+](=O)[O-])c(NCc4ccc(C(C)C)cc4)c3)CC2)cc1. The molecule has 3 aromatic rings. The van der Waals surface area contributed by atoms with Gasteiger partial charge >= 0.3 is 0 Å². The highest BCUT2D eigenvalue weighted by Gasteiger charge is 2.29. The Morgan fingerprint density at radius 2 is 1.58 bits per heavy atom. The van der Waals surface area contributed by atoms with Gasteiger partial charge in [-0.05, 0) is 48.2 Å². The van der Waals surface area contributed by atoms with Crippen molar-refractivity contribution in [3.05, 3.63) is 93.5 Å². The standard InChI is InChI=1S/C27H32N4O4S/c1-20(2)23-8-6-22(7-9-23)19-28-26-18-24(10-13-27(26)31(32)33)29-14-16-30(17-15-29)36(34,35)25-11-4-21(3)5-12-25/h4-13,18,20,28H,14-17,19H2,1-3H3. The van der Waals surface area contributed by atoms with Crippen molar-refractivity contribution in [2.45, 2.75) is 38.1 Å². The maximum absolute atomic E-state index is 13.0. The fourth-order valence-electron chi connectivity index (χ4n) is 4.29. The van der Waals surface area contributed by atoms with Crippen molar-refractivity contribution in [1.82, 2.24) is 4.31 Å². The Morgan fingerprint density at radius 3 is 2.17 bits per heavy atom. The smallest absolute Gasteiger partial charge is 0.292 e. The first-order chi connectivity index (χ1) is 17.1. The van der Waals surface area contributed by atoms with Crippen LogP contribution in [0.15, 0.2) is 71.6 Å². The average Bonchev–Trinajstić information content (AvgIpc) is 2.87. The van der Waals surface area contributed by atoms with Crippen molar-refractivity contribution in [2.75, 3.05) is 36.4 Å². The van der Waals surface area contributed by atoms with Crippen molar-refractivity contribution in [3.63, 3.8) is 0 Å². The van der Waals surface area contributed by atoms with E-state index in [0.29, 0.717) is 49.2 Å². The number of hydrogen-bond donors (Lipinski definition) is 1. The van der Waals surface area contributed by atoms with Crippen LogP contribution < -0.4 is 10.2 Å². The summed E-state index contributed by atoms with van der Waals surface area (Å²) < 4.78 is 27.5. The van der Waals surface area contributed by atoms with E-state index in [-0.39, 0.29) is 10.6 Å². The van der Waals surface area contributed by atoms with Crippen LogP contribution in [0.1, 0.15) is 36.5 Å². The van der Waals surface area contributed by atoms with Crippen molar-refractivity contribution < 1.29 is 13.3 Å². The Hall–Kier alpha value is -3.43. The van der Waals surface area contributed by atoms with Crippen LogP contribution in [-0.4, -0.2) is 43.8 Å². The van der Waals surface area contributed by atoms with E-state index >= 15 is 0 Å². The second-order valence-corrected chi connectivity index (χ2v) is 11.4. The molecule has 0 unspecified atom stereocenters. The highest BCUT2D eigenvalue weighted by molar-refractivity contribution is 7.89. The van der Waals surface area contributed by atoms with Gasteiger partial charge in [0, 0.05) is 44.5 Å². The van der Waals surface area contributed by atoms with Gasteiger partial charge in [0.1, 0.15) is 5.69 Å². The van der Waals surface area contributed by atoms with Crippen LogP contribution in [0.2, 0.25) is 0 Å². The van der Waals surface area contributed by atoms with E-state index in [9.17, 15) is 18.5 Å². The summed E-state index contributed by atoms with van der Waals surface area (Å²) in [4.78, 5) is 13.6.